The first-order valence-electron chi connectivity index (χ1n) is 6.32. The molecule has 0 unspecified atom stereocenters. The van der Waals surface area contributed by atoms with Gasteiger partial charge in [0.15, 0.2) is 0 Å². The van der Waals surface area contributed by atoms with Crippen LogP contribution in [0.5, 0.6) is 0 Å². The molecule has 0 saturated heterocycles. The number of anilines is 1. The molecule has 2 rings (SSSR count). The molecule has 0 atom stereocenters. The lowest BCUT2D eigenvalue weighted by Gasteiger charge is -2.10. The largest absolute Gasteiger partial charge is 0.399 e. The highest BCUT2D eigenvalue weighted by Gasteiger charge is 2.14. The van der Waals surface area contributed by atoms with Crippen molar-refractivity contribution in [3.05, 3.63) is 53.6 Å². The van der Waals surface area contributed by atoms with Crippen LogP contribution in [0.3, 0.4) is 0 Å². The zero-order valence-corrected chi connectivity index (χ0v) is 12.1. The highest BCUT2D eigenvalue weighted by molar-refractivity contribution is 7.99. The second-order valence-corrected chi connectivity index (χ2v) is 5.38. The monoisotopic (exact) mass is 308 g/mol. The summed E-state index contributed by atoms with van der Waals surface area (Å²) in [5.41, 5.74) is 6.59. The molecular weight excluding hydrogens is 294 g/mol. The van der Waals surface area contributed by atoms with E-state index in [1.54, 1.807) is 18.2 Å². The standard InChI is InChI=1S/C15H14F2N2OS/c1-2-19-15(20)11-5-4-10(18)8-14(11)21-13-6-3-9(16)7-12(13)17/h3-8H,2,18H2,1H3,(H,19,20). The molecule has 0 aromatic heterocycles. The van der Waals surface area contributed by atoms with Gasteiger partial charge < -0.3 is 11.1 Å². The number of carbonyl (C=O) groups excluding carboxylic acids is 1. The summed E-state index contributed by atoms with van der Waals surface area (Å²) in [7, 11) is 0. The summed E-state index contributed by atoms with van der Waals surface area (Å²) in [5, 5.41) is 2.68. The number of nitrogens with two attached hydrogens (primary N) is 1. The van der Waals surface area contributed by atoms with E-state index in [2.05, 4.69) is 5.32 Å². The van der Waals surface area contributed by atoms with Gasteiger partial charge in [0.2, 0.25) is 0 Å². The number of rotatable bonds is 4. The third kappa shape index (κ3) is 3.72. The number of hydrogen-bond donors (Lipinski definition) is 2. The van der Waals surface area contributed by atoms with Crippen LogP contribution < -0.4 is 11.1 Å². The predicted octanol–water partition coefficient (Wildman–Crippen LogP) is 3.45. The first-order chi connectivity index (χ1) is 10.0. The Morgan fingerprint density at radius 2 is 1.95 bits per heavy atom. The van der Waals surface area contributed by atoms with E-state index in [1.807, 2.05) is 6.92 Å². The van der Waals surface area contributed by atoms with Gasteiger partial charge in [0, 0.05) is 28.1 Å². The second-order valence-electron chi connectivity index (χ2n) is 4.29. The average molecular weight is 308 g/mol. The van der Waals surface area contributed by atoms with Crippen LogP contribution in [0.15, 0.2) is 46.2 Å². The minimum absolute atomic E-state index is 0.229. The molecule has 0 bridgehead atoms. The number of carbonyl (C=O) groups is 1. The summed E-state index contributed by atoms with van der Waals surface area (Å²) in [6.07, 6.45) is 0. The third-order valence-electron chi connectivity index (χ3n) is 2.70. The van der Waals surface area contributed by atoms with Crippen molar-refractivity contribution in [1.82, 2.24) is 5.32 Å². The van der Waals surface area contributed by atoms with E-state index in [-0.39, 0.29) is 10.8 Å². The fraction of sp³-hybridized carbons (Fsp3) is 0.133. The van der Waals surface area contributed by atoms with Crippen LogP contribution in [0, 0.1) is 11.6 Å². The first kappa shape index (κ1) is 15.3. The van der Waals surface area contributed by atoms with Crippen LogP contribution in [0.2, 0.25) is 0 Å². The molecule has 0 radical (unpaired) electrons. The summed E-state index contributed by atoms with van der Waals surface area (Å²) in [4.78, 5) is 12.7. The fourth-order valence-corrected chi connectivity index (χ4v) is 2.74. The molecule has 110 valence electrons. The van der Waals surface area contributed by atoms with Crippen LogP contribution in [0.4, 0.5) is 14.5 Å². The van der Waals surface area contributed by atoms with E-state index in [0.717, 1.165) is 17.8 Å². The fourth-order valence-electron chi connectivity index (χ4n) is 1.74. The van der Waals surface area contributed by atoms with Gasteiger partial charge in [-0.05, 0) is 37.3 Å². The molecule has 0 aliphatic heterocycles. The van der Waals surface area contributed by atoms with E-state index < -0.39 is 11.6 Å². The quantitative estimate of drug-likeness (QED) is 0.851. The molecule has 6 heteroatoms. The molecule has 0 aliphatic rings. The molecule has 1 amide bonds. The Morgan fingerprint density at radius 1 is 1.19 bits per heavy atom. The zero-order valence-electron chi connectivity index (χ0n) is 11.3. The zero-order chi connectivity index (χ0) is 15.4. The third-order valence-corrected chi connectivity index (χ3v) is 3.81. The van der Waals surface area contributed by atoms with E-state index in [9.17, 15) is 13.6 Å². The van der Waals surface area contributed by atoms with Crippen molar-refractivity contribution >= 4 is 23.4 Å². The number of amides is 1. The van der Waals surface area contributed by atoms with Crippen molar-refractivity contribution < 1.29 is 13.6 Å². The van der Waals surface area contributed by atoms with Gasteiger partial charge in [-0.25, -0.2) is 8.78 Å². The van der Waals surface area contributed by atoms with Gasteiger partial charge >= 0.3 is 0 Å². The molecule has 2 aromatic rings. The minimum atomic E-state index is -0.677. The number of hydrogen-bond acceptors (Lipinski definition) is 3. The highest BCUT2D eigenvalue weighted by atomic mass is 32.2. The number of benzene rings is 2. The van der Waals surface area contributed by atoms with E-state index >= 15 is 0 Å². The lowest BCUT2D eigenvalue weighted by Crippen LogP contribution is -2.23. The second kappa shape index (κ2) is 6.58. The summed E-state index contributed by atoms with van der Waals surface area (Å²) >= 11 is 1.04. The van der Waals surface area contributed by atoms with Crippen LogP contribution in [0.25, 0.3) is 0 Å². The lowest BCUT2D eigenvalue weighted by molar-refractivity contribution is 0.0953. The van der Waals surface area contributed by atoms with Gasteiger partial charge in [-0.2, -0.15) is 0 Å². The maximum absolute atomic E-state index is 13.7. The SMILES string of the molecule is CCNC(=O)c1ccc(N)cc1Sc1ccc(F)cc1F. The molecule has 3 N–H and O–H groups in total. The summed E-state index contributed by atoms with van der Waals surface area (Å²) < 4.78 is 26.6. The van der Waals surface area contributed by atoms with Crippen molar-refractivity contribution in [3.63, 3.8) is 0 Å². The van der Waals surface area contributed by atoms with Crippen molar-refractivity contribution in [2.24, 2.45) is 0 Å². The maximum Gasteiger partial charge on any atom is 0.252 e. The van der Waals surface area contributed by atoms with Gasteiger partial charge in [-0.1, -0.05) is 11.8 Å². The van der Waals surface area contributed by atoms with Gasteiger partial charge in [-0.15, -0.1) is 0 Å². The number of nitrogen functional groups attached to an aromatic ring is 1. The van der Waals surface area contributed by atoms with Gasteiger partial charge in [0.25, 0.3) is 5.91 Å². The normalized spacial score (nSPS) is 10.4. The molecule has 0 heterocycles. The van der Waals surface area contributed by atoms with Crippen molar-refractivity contribution in [2.75, 3.05) is 12.3 Å². The summed E-state index contributed by atoms with van der Waals surface area (Å²) in [5.74, 6) is -1.58. The van der Waals surface area contributed by atoms with Crippen LogP contribution in [0.1, 0.15) is 17.3 Å². The Balaban J connectivity index is 2.38. The molecule has 21 heavy (non-hydrogen) atoms. The molecule has 2 aromatic carbocycles. The average Bonchev–Trinajstić information content (AvgIpc) is 2.42. The van der Waals surface area contributed by atoms with E-state index in [4.69, 9.17) is 5.73 Å². The van der Waals surface area contributed by atoms with E-state index in [1.165, 1.54) is 12.1 Å². The maximum atomic E-state index is 13.7. The minimum Gasteiger partial charge on any atom is -0.399 e. The van der Waals surface area contributed by atoms with E-state index in [0.29, 0.717) is 22.7 Å². The molecule has 0 saturated carbocycles. The van der Waals surface area contributed by atoms with Gasteiger partial charge in [0.1, 0.15) is 11.6 Å². The molecule has 3 nitrogen and oxygen atoms in total. The summed E-state index contributed by atoms with van der Waals surface area (Å²) in [6, 6.07) is 8.10. The Hall–Kier alpha value is -2.08. The van der Waals surface area contributed by atoms with Gasteiger partial charge in [0.05, 0.1) is 5.56 Å². The first-order valence-corrected chi connectivity index (χ1v) is 7.13. The van der Waals surface area contributed by atoms with Crippen LogP contribution in [-0.4, -0.2) is 12.5 Å². The van der Waals surface area contributed by atoms with Gasteiger partial charge in [-0.3, -0.25) is 4.79 Å². The topological polar surface area (TPSA) is 55.1 Å². The van der Waals surface area contributed by atoms with Crippen LogP contribution in [-0.2, 0) is 0 Å². The Bertz CT molecular complexity index is 677. The Labute approximate surface area is 125 Å². The highest BCUT2D eigenvalue weighted by Crippen LogP contribution is 2.33. The predicted molar refractivity (Wildman–Crippen MR) is 79.3 cm³/mol. The molecule has 0 aliphatic carbocycles. The molecular formula is C15H14F2N2OS. The van der Waals surface area contributed by atoms with Crippen molar-refractivity contribution in [2.45, 2.75) is 16.7 Å². The number of halogens is 2. The Morgan fingerprint density at radius 3 is 2.62 bits per heavy atom. The Kier molecular flexibility index (Phi) is 4.80. The lowest BCUT2D eigenvalue weighted by atomic mass is 10.2. The van der Waals surface area contributed by atoms with Crippen LogP contribution >= 0.6 is 11.8 Å². The summed E-state index contributed by atoms with van der Waals surface area (Å²) in [6.45, 7) is 2.29. The molecule has 0 spiro atoms. The van der Waals surface area contributed by atoms with Crippen molar-refractivity contribution in [1.29, 1.82) is 0 Å². The smallest absolute Gasteiger partial charge is 0.252 e. The number of nitrogens with one attached hydrogen (secondary N) is 1. The molecule has 0 fully saturated rings. The van der Waals surface area contributed by atoms with Crippen molar-refractivity contribution in [3.8, 4) is 0 Å².